The van der Waals surface area contributed by atoms with Crippen LogP contribution in [0.2, 0.25) is 0 Å². The van der Waals surface area contributed by atoms with Gasteiger partial charge in [-0.3, -0.25) is 9.48 Å². The largest absolute Gasteiger partial charge is 0.320 e. The number of halogens is 2. The molecule has 0 aliphatic rings. The molecule has 0 aliphatic heterocycles. The Morgan fingerprint density at radius 2 is 2.15 bits per heavy atom. The van der Waals surface area contributed by atoms with Crippen LogP contribution in [-0.2, 0) is 13.5 Å². The van der Waals surface area contributed by atoms with Crippen molar-refractivity contribution in [3.63, 3.8) is 0 Å². The van der Waals surface area contributed by atoms with Gasteiger partial charge in [0.1, 0.15) is 11.5 Å². The van der Waals surface area contributed by atoms with E-state index in [1.54, 1.807) is 26.1 Å². The first-order valence-electron chi connectivity index (χ1n) is 6.22. The Morgan fingerprint density at radius 3 is 2.75 bits per heavy atom. The topological polar surface area (TPSA) is 46.9 Å². The molecule has 0 aliphatic carbocycles. The maximum atomic E-state index is 13.5. The molecular weight excluding hydrogens is 325 g/mol. The van der Waals surface area contributed by atoms with Gasteiger partial charge in [-0.2, -0.15) is 5.10 Å². The van der Waals surface area contributed by atoms with Gasteiger partial charge in [0.15, 0.2) is 0 Å². The smallest absolute Gasteiger partial charge is 0.273 e. The summed E-state index contributed by atoms with van der Waals surface area (Å²) in [5, 5.41) is 6.93. The lowest BCUT2D eigenvalue weighted by atomic mass is 10.2. The van der Waals surface area contributed by atoms with Crippen molar-refractivity contribution < 1.29 is 9.18 Å². The van der Waals surface area contributed by atoms with E-state index in [9.17, 15) is 9.18 Å². The van der Waals surface area contributed by atoms with Gasteiger partial charge in [0.05, 0.1) is 10.2 Å². The Morgan fingerprint density at radius 1 is 1.45 bits per heavy atom. The standard InChI is InChI=1S/C14H15BrFN3O/c1-4-9-6-13(19(3)18-9)14(20)17-12-7-11(16)10(15)5-8(12)2/h5-7H,4H2,1-3H3,(H,17,20). The summed E-state index contributed by atoms with van der Waals surface area (Å²) in [6, 6.07) is 4.67. The summed E-state index contributed by atoms with van der Waals surface area (Å²) in [6.07, 6.45) is 0.757. The van der Waals surface area contributed by atoms with Crippen LogP contribution in [0.25, 0.3) is 0 Å². The summed E-state index contributed by atoms with van der Waals surface area (Å²) < 4.78 is 15.4. The van der Waals surface area contributed by atoms with Crippen molar-refractivity contribution in [1.82, 2.24) is 9.78 Å². The number of aryl methyl sites for hydroxylation is 3. The molecule has 6 heteroatoms. The monoisotopic (exact) mass is 339 g/mol. The molecule has 0 fully saturated rings. The molecule has 2 aromatic rings. The zero-order valence-electron chi connectivity index (χ0n) is 11.5. The van der Waals surface area contributed by atoms with Crippen molar-refractivity contribution in [2.24, 2.45) is 7.05 Å². The molecule has 0 radical (unpaired) electrons. The van der Waals surface area contributed by atoms with Crippen LogP contribution in [0.15, 0.2) is 22.7 Å². The van der Waals surface area contributed by atoms with Gasteiger partial charge in [-0.25, -0.2) is 4.39 Å². The van der Waals surface area contributed by atoms with Crippen molar-refractivity contribution in [2.45, 2.75) is 20.3 Å². The lowest BCUT2D eigenvalue weighted by molar-refractivity contribution is 0.101. The first-order chi connectivity index (χ1) is 9.42. The van der Waals surface area contributed by atoms with Crippen molar-refractivity contribution in [3.8, 4) is 0 Å². The van der Waals surface area contributed by atoms with Crippen molar-refractivity contribution in [2.75, 3.05) is 5.32 Å². The van der Waals surface area contributed by atoms with Gasteiger partial charge in [0.25, 0.3) is 5.91 Å². The molecule has 0 atom stereocenters. The molecule has 20 heavy (non-hydrogen) atoms. The highest BCUT2D eigenvalue weighted by atomic mass is 79.9. The molecule has 106 valence electrons. The summed E-state index contributed by atoms with van der Waals surface area (Å²) >= 11 is 3.11. The predicted octanol–water partition coefficient (Wildman–Crippen LogP) is 3.44. The van der Waals surface area contributed by atoms with Crippen LogP contribution in [0.3, 0.4) is 0 Å². The Hall–Kier alpha value is -1.69. The number of hydrogen-bond acceptors (Lipinski definition) is 2. The van der Waals surface area contributed by atoms with Crippen LogP contribution in [0.5, 0.6) is 0 Å². The Bertz CT molecular complexity index is 667. The fraction of sp³-hybridized carbons (Fsp3) is 0.286. The second-order valence-corrected chi connectivity index (χ2v) is 5.39. The second-order valence-electron chi connectivity index (χ2n) is 4.53. The average Bonchev–Trinajstić information content (AvgIpc) is 2.77. The number of amides is 1. The van der Waals surface area contributed by atoms with E-state index in [0.29, 0.717) is 15.9 Å². The SMILES string of the molecule is CCc1cc(C(=O)Nc2cc(F)c(Br)cc2C)n(C)n1. The fourth-order valence-electron chi connectivity index (χ4n) is 1.88. The summed E-state index contributed by atoms with van der Waals surface area (Å²) in [5.74, 6) is -0.713. The van der Waals surface area contributed by atoms with E-state index in [2.05, 4.69) is 26.3 Å². The van der Waals surface area contributed by atoms with Crippen molar-refractivity contribution in [1.29, 1.82) is 0 Å². The van der Waals surface area contributed by atoms with Crippen LogP contribution < -0.4 is 5.32 Å². The first kappa shape index (κ1) is 14.7. The number of carbonyl (C=O) groups is 1. The van der Waals surface area contributed by atoms with Gasteiger partial charge in [0, 0.05) is 12.7 Å². The second kappa shape index (κ2) is 5.75. The highest BCUT2D eigenvalue weighted by molar-refractivity contribution is 9.10. The highest BCUT2D eigenvalue weighted by Crippen LogP contribution is 2.24. The molecule has 2 rings (SSSR count). The number of benzene rings is 1. The van der Waals surface area contributed by atoms with E-state index in [0.717, 1.165) is 17.7 Å². The summed E-state index contributed by atoms with van der Waals surface area (Å²) in [7, 11) is 1.71. The third-order valence-electron chi connectivity index (χ3n) is 3.04. The van der Waals surface area contributed by atoms with Crippen LogP contribution in [0, 0.1) is 12.7 Å². The van der Waals surface area contributed by atoms with Gasteiger partial charge >= 0.3 is 0 Å². The zero-order valence-corrected chi connectivity index (χ0v) is 13.1. The number of anilines is 1. The van der Waals surface area contributed by atoms with Gasteiger partial charge in [-0.05, 0) is 53.0 Å². The molecule has 0 unspecified atom stereocenters. The molecule has 0 spiro atoms. The van der Waals surface area contributed by atoms with Crippen LogP contribution in [-0.4, -0.2) is 15.7 Å². The van der Waals surface area contributed by atoms with Crippen LogP contribution in [0.4, 0.5) is 10.1 Å². The molecule has 0 bridgehead atoms. The van der Waals surface area contributed by atoms with Crippen molar-refractivity contribution >= 4 is 27.5 Å². The third kappa shape index (κ3) is 2.90. The molecule has 0 saturated heterocycles. The summed E-state index contributed by atoms with van der Waals surface area (Å²) in [5.41, 5.74) is 2.53. The minimum atomic E-state index is -0.412. The normalized spacial score (nSPS) is 10.7. The molecular formula is C14H15BrFN3O. The van der Waals surface area contributed by atoms with E-state index >= 15 is 0 Å². The van der Waals surface area contributed by atoms with E-state index in [1.807, 2.05) is 6.92 Å². The molecule has 0 saturated carbocycles. The Kier molecular flexibility index (Phi) is 4.23. The third-order valence-corrected chi connectivity index (χ3v) is 3.65. The van der Waals surface area contributed by atoms with E-state index in [4.69, 9.17) is 0 Å². The number of aromatic nitrogens is 2. The van der Waals surface area contributed by atoms with Crippen molar-refractivity contribution in [3.05, 3.63) is 45.4 Å². The quantitative estimate of drug-likeness (QED) is 0.930. The molecule has 1 aromatic heterocycles. The molecule has 1 amide bonds. The number of rotatable bonds is 3. The van der Waals surface area contributed by atoms with Crippen LogP contribution in [0.1, 0.15) is 28.7 Å². The van der Waals surface area contributed by atoms with Gasteiger partial charge < -0.3 is 5.32 Å². The first-order valence-corrected chi connectivity index (χ1v) is 7.01. The Labute approximate surface area is 125 Å². The van der Waals surface area contributed by atoms with E-state index in [1.165, 1.54) is 10.7 Å². The predicted molar refractivity (Wildman–Crippen MR) is 79.4 cm³/mol. The number of nitrogens with zero attached hydrogens (tertiary/aromatic N) is 2. The molecule has 1 heterocycles. The van der Waals surface area contributed by atoms with Gasteiger partial charge in [0.2, 0.25) is 0 Å². The molecule has 4 nitrogen and oxygen atoms in total. The maximum Gasteiger partial charge on any atom is 0.273 e. The minimum Gasteiger partial charge on any atom is -0.320 e. The van der Waals surface area contributed by atoms with E-state index in [-0.39, 0.29) is 5.91 Å². The summed E-state index contributed by atoms with van der Waals surface area (Å²) in [6.45, 7) is 3.78. The van der Waals surface area contributed by atoms with E-state index < -0.39 is 5.82 Å². The minimum absolute atomic E-state index is 0.301. The number of hydrogen-bond donors (Lipinski definition) is 1. The Balaban J connectivity index is 2.27. The number of carbonyl (C=O) groups excluding carboxylic acids is 1. The number of nitrogens with one attached hydrogen (secondary N) is 1. The maximum absolute atomic E-state index is 13.5. The average molecular weight is 340 g/mol. The fourth-order valence-corrected chi connectivity index (χ4v) is 2.34. The molecule has 1 aromatic carbocycles. The molecule has 1 N–H and O–H groups in total. The van der Waals surface area contributed by atoms with Gasteiger partial charge in [-0.1, -0.05) is 6.92 Å². The highest BCUT2D eigenvalue weighted by Gasteiger charge is 2.14. The lowest BCUT2D eigenvalue weighted by Crippen LogP contribution is -2.16. The van der Waals surface area contributed by atoms with Crippen LogP contribution >= 0.6 is 15.9 Å². The lowest BCUT2D eigenvalue weighted by Gasteiger charge is -2.09. The summed E-state index contributed by atoms with van der Waals surface area (Å²) in [4.78, 5) is 12.2. The zero-order chi connectivity index (χ0) is 14.9. The van der Waals surface area contributed by atoms with Gasteiger partial charge in [-0.15, -0.1) is 0 Å².